The number of guanidine groups is 1. The summed E-state index contributed by atoms with van der Waals surface area (Å²) < 4.78 is 11.2. The van der Waals surface area contributed by atoms with Crippen molar-refractivity contribution in [3.8, 4) is 5.75 Å². The summed E-state index contributed by atoms with van der Waals surface area (Å²) >= 11 is 0. The molecule has 0 aliphatic heterocycles. The van der Waals surface area contributed by atoms with Gasteiger partial charge in [0.2, 0.25) is 0 Å². The molecule has 23 heavy (non-hydrogen) atoms. The first kappa shape index (κ1) is 22.0. The lowest BCUT2D eigenvalue weighted by molar-refractivity contribution is 0.0776. The van der Waals surface area contributed by atoms with Crippen LogP contribution in [0.15, 0.2) is 29.3 Å². The molecule has 0 radical (unpaired) electrons. The van der Waals surface area contributed by atoms with Gasteiger partial charge in [0.15, 0.2) is 5.96 Å². The van der Waals surface area contributed by atoms with Gasteiger partial charge in [-0.15, -0.1) is 24.0 Å². The second-order valence-electron chi connectivity index (χ2n) is 5.36. The lowest BCUT2D eigenvalue weighted by Crippen LogP contribution is -2.39. The zero-order valence-electron chi connectivity index (χ0n) is 14.6. The molecule has 0 aliphatic rings. The zero-order chi connectivity index (χ0) is 16.2. The molecular formula is C17H30IN3O2. The molecule has 5 nitrogen and oxygen atoms in total. The molecule has 6 heteroatoms. The number of hydrogen-bond acceptors (Lipinski definition) is 3. The molecule has 1 aromatic carbocycles. The monoisotopic (exact) mass is 435 g/mol. The molecule has 0 unspecified atom stereocenters. The smallest absolute Gasteiger partial charge is 0.191 e. The van der Waals surface area contributed by atoms with Gasteiger partial charge in [-0.05, 0) is 39.3 Å². The number of hydrogen-bond donors (Lipinski definition) is 2. The molecule has 0 spiro atoms. The van der Waals surface area contributed by atoms with Crippen molar-refractivity contribution in [1.29, 1.82) is 0 Å². The fraction of sp³-hybridized carbons (Fsp3) is 0.588. The van der Waals surface area contributed by atoms with E-state index < -0.39 is 0 Å². The van der Waals surface area contributed by atoms with Crippen LogP contribution in [-0.4, -0.2) is 45.4 Å². The first-order chi connectivity index (χ1) is 10.6. The van der Waals surface area contributed by atoms with Crippen LogP contribution in [0.2, 0.25) is 0 Å². The number of benzene rings is 1. The molecule has 0 saturated heterocycles. The molecule has 0 aromatic heterocycles. The van der Waals surface area contributed by atoms with Gasteiger partial charge >= 0.3 is 0 Å². The van der Waals surface area contributed by atoms with Crippen molar-refractivity contribution < 1.29 is 9.47 Å². The average Bonchev–Trinajstić information content (AvgIpc) is 2.50. The lowest BCUT2D eigenvalue weighted by atomic mass is 10.2. The van der Waals surface area contributed by atoms with Crippen LogP contribution in [0.3, 0.4) is 0 Å². The van der Waals surface area contributed by atoms with Gasteiger partial charge in [-0.2, -0.15) is 0 Å². The molecule has 1 aromatic rings. The largest absolute Gasteiger partial charge is 0.492 e. The summed E-state index contributed by atoms with van der Waals surface area (Å²) in [5.41, 5.74) is 1.23. The highest BCUT2D eigenvalue weighted by Crippen LogP contribution is 2.10. The maximum atomic E-state index is 5.66. The number of ether oxygens (including phenoxy) is 2. The molecule has 0 aliphatic carbocycles. The third kappa shape index (κ3) is 11.2. The van der Waals surface area contributed by atoms with E-state index in [1.807, 2.05) is 38.1 Å². The Kier molecular flexibility index (Phi) is 12.8. The number of nitrogens with zero attached hydrogens (tertiary/aromatic N) is 1. The van der Waals surface area contributed by atoms with Gasteiger partial charge in [-0.25, -0.2) is 0 Å². The van der Waals surface area contributed by atoms with Gasteiger partial charge in [0.25, 0.3) is 0 Å². The Bertz CT molecular complexity index is 436. The first-order valence-electron chi connectivity index (χ1n) is 7.87. The van der Waals surface area contributed by atoms with Crippen LogP contribution in [0.25, 0.3) is 0 Å². The number of rotatable bonds is 9. The minimum Gasteiger partial charge on any atom is -0.492 e. The summed E-state index contributed by atoms with van der Waals surface area (Å²) in [4.78, 5) is 4.18. The Labute approximate surface area is 157 Å². The third-order valence-corrected chi connectivity index (χ3v) is 2.97. The van der Waals surface area contributed by atoms with E-state index in [9.17, 15) is 0 Å². The van der Waals surface area contributed by atoms with Crippen molar-refractivity contribution in [2.75, 3.05) is 33.4 Å². The molecule has 0 heterocycles. The molecule has 1 rings (SSSR count). The van der Waals surface area contributed by atoms with Gasteiger partial charge in [0, 0.05) is 20.2 Å². The van der Waals surface area contributed by atoms with Crippen molar-refractivity contribution in [2.24, 2.45) is 4.99 Å². The van der Waals surface area contributed by atoms with Crippen LogP contribution in [0, 0.1) is 6.92 Å². The number of halogens is 1. The maximum Gasteiger partial charge on any atom is 0.191 e. The standard InChI is InChI=1S/C17H29N3O2.HI/c1-14(2)21-12-5-10-19-17(18-4)20-11-13-22-16-8-6-15(3)7-9-16;/h6-9,14H,5,10-13H2,1-4H3,(H2,18,19,20);1H. The number of nitrogens with one attached hydrogen (secondary N) is 2. The Morgan fingerprint density at radius 3 is 2.35 bits per heavy atom. The molecular weight excluding hydrogens is 405 g/mol. The summed E-state index contributed by atoms with van der Waals surface area (Å²) in [6.07, 6.45) is 1.25. The number of aliphatic imine (C=N–C) groups is 1. The van der Waals surface area contributed by atoms with Gasteiger partial charge in [0.05, 0.1) is 12.6 Å². The summed E-state index contributed by atoms with van der Waals surface area (Å²) in [5.74, 6) is 1.68. The van der Waals surface area contributed by atoms with Crippen molar-refractivity contribution in [2.45, 2.75) is 33.3 Å². The number of aryl methyl sites for hydroxylation is 1. The fourth-order valence-electron chi connectivity index (χ4n) is 1.79. The molecule has 2 N–H and O–H groups in total. The Morgan fingerprint density at radius 2 is 1.74 bits per heavy atom. The van der Waals surface area contributed by atoms with E-state index in [0.29, 0.717) is 13.2 Å². The normalized spacial score (nSPS) is 11.1. The van der Waals surface area contributed by atoms with Crippen LogP contribution < -0.4 is 15.4 Å². The van der Waals surface area contributed by atoms with Crippen molar-refractivity contribution >= 4 is 29.9 Å². The van der Waals surface area contributed by atoms with Crippen LogP contribution in [0.5, 0.6) is 5.75 Å². The fourth-order valence-corrected chi connectivity index (χ4v) is 1.79. The summed E-state index contributed by atoms with van der Waals surface area (Å²) in [6, 6.07) is 8.05. The Balaban J connectivity index is 0.00000484. The van der Waals surface area contributed by atoms with Crippen molar-refractivity contribution in [3.05, 3.63) is 29.8 Å². The van der Waals surface area contributed by atoms with Gasteiger partial charge in [0.1, 0.15) is 12.4 Å². The molecule has 0 amide bonds. The molecule has 0 atom stereocenters. The second-order valence-corrected chi connectivity index (χ2v) is 5.36. The quantitative estimate of drug-likeness (QED) is 0.271. The zero-order valence-corrected chi connectivity index (χ0v) is 16.9. The van der Waals surface area contributed by atoms with Gasteiger partial charge in [-0.3, -0.25) is 4.99 Å². The maximum absolute atomic E-state index is 5.66. The van der Waals surface area contributed by atoms with Gasteiger partial charge < -0.3 is 20.1 Å². The van der Waals surface area contributed by atoms with E-state index >= 15 is 0 Å². The highest BCUT2D eigenvalue weighted by molar-refractivity contribution is 14.0. The van der Waals surface area contributed by atoms with E-state index in [2.05, 4.69) is 22.5 Å². The van der Waals surface area contributed by atoms with E-state index in [0.717, 1.165) is 31.3 Å². The second kappa shape index (κ2) is 13.4. The van der Waals surface area contributed by atoms with E-state index in [1.54, 1.807) is 7.05 Å². The summed E-state index contributed by atoms with van der Waals surface area (Å²) in [6.45, 7) is 9.05. The van der Waals surface area contributed by atoms with Crippen LogP contribution >= 0.6 is 24.0 Å². The summed E-state index contributed by atoms with van der Waals surface area (Å²) in [7, 11) is 1.76. The third-order valence-electron chi connectivity index (χ3n) is 2.97. The predicted molar refractivity (Wildman–Crippen MR) is 107 cm³/mol. The SMILES string of the molecule is CN=C(NCCCOC(C)C)NCCOc1ccc(C)cc1.I. The van der Waals surface area contributed by atoms with E-state index in [1.165, 1.54) is 5.56 Å². The highest BCUT2D eigenvalue weighted by atomic mass is 127. The average molecular weight is 435 g/mol. The van der Waals surface area contributed by atoms with Crippen LogP contribution in [-0.2, 0) is 4.74 Å². The van der Waals surface area contributed by atoms with Gasteiger partial charge in [-0.1, -0.05) is 17.7 Å². The minimum absolute atomic E-state index is 0. The predicted octanol–water partition coefficient (Wildman–Crippen LogP) is 2.97. The van der Waals surface area contributed by atoms with E-state index in [-0.39, 0.29) is 30.1 Å². The topological polar surface area (TPSA) is 54.9 Å². The molecule has 0 fully saturated rings. The molecule has 0 saturated carbocycles. The molecule has 0 bridgehead atoms. The first-order valence-corrected chi connectivity index (χ1v) is 7.87. The highest BCUT2D eigenvalue weighted by Gasteiger charge is 1.98. The minimum atomic E-state index is 0. The van der Waals surface area contributed by atoms with Crippen molar-refractivity contribution in [3.63, 3.8) is 0 Å². The summed E-state index contributed by atoms with van der Waals surface area (Å²) in [5, 5.41) is 6.48. The molecule has 132 valence electrons. The Morgan fingerprint density at radius 1 is 1.09 bits per heavy atom. The van der Waals surface area contributed by atoms with Crippen molar-refractivity contribution in [1.82, 2.24) is 10.6 Å². The Hall–Kier alpha value is -1.02. The van der Waals surface area contributed by atoms with Crippen LogP contribution in [0.4, 0.5) is 0 Å². The van der Waals surface area contributed by atoms with E-state index in [4.69, 9.17) is 9.47 Å². The van der Waals surface area contributed by atoms with Crippen LogP contribution in [0.1, 0.15) is 25.8 Å². The lowest BCUT2D eigenvalue weighted by Gasteiger charge is -2.13.